The van der Waals surface area contributed by atoms with Crippen molar-refractivity contribution in [1.82, 2.24) is 5.32 Å². The highest BCUT2D eigenvalue weighted by molar-refractivity contribution is 6.31. The van der Waals surface area contributed by atoms with Crippen molar-refractivity contribution in [2.24, 2.45) is 5.92 Å². The van der Waals surface area contributed by atoms with Crippen molar-refractivity contribution in [3.8, 4) is 5.75 Å². The molecule has 4 rings (SSSR count). The molecule has 2 aliphatic heterocycles. The first-order valence-corrected chi connectivity index (χ1v) is 10.2. The van der Waals surface area contributed by atoms with Crippen molar-refractivity contribution < 1.29 is 19.4 Å². The average molecular weight is 430 g/mol. The van der Waals surface area contributed by atoms with Crippen LogP contribution < -0.4 is 20.7 Å². The van der Waals surface area contributed by atoms with Crippen LogP contribution >= 0.6 is 11.6 Å². The number of benzene rings is 2. The Balaban J connectivity index is 1.76. The molecule has 2 aromatic rings. The quantitative estimate of drug-likeness (QED) is 0.599. The molecule has 4 atom stereocenters. The number of aryl methyl sites for hydroxylation is 1. The molecule has 1 spiro atoms. The molecule has 0 aliphatic carbocycles. The van der Waals surface area contributed by atoms with Crippen LogP contribution in [0.2, 0.25) is 5.02 Å². The summed E-state index contributed by atoms with van der Waals surface area (Å²) in [6.45, 7) is 3.58. The summed E-state index contributed by atoms with van der Waals surface area (Å²) in [5.41, 5.74) is 1.52. The Bertz CT molecular complexity index is 1030. The molecule has 2 heterocycles. The van der Waals surface area contributed by atoms with E-state index in [9.17, 15) is 14.7 Å². The van der Waals surface area contributed by atoms with Gasteiger partial charge in [0.15, 0.2) is 0 Å². The zero-order chi connectivity index (χ0) is 21.6. The fourth-order valence-electron chi connectivity index (χ4n) is 4.43. The molecule has 1 fully saturated rings. The molecule has 0 unspecified atom stereocenters. The maximum absolute atomic E-state index is 13.5. The predicted octanol–water partition coefficient (Wildman–Crippen LogP) is 2.80. The topological polar surface area (TPSA) is 99.7 Å². The molecule has 0 radical (unpaired) electrons. The first-order chi connectivity index (χ1) is 14.3. The molecule has 1 saturated heterocycles. The number of aliphatic hydroxyl groups is 1. The molecule has 158 valence electrons. The van der Waals surface area contributed by atoms with Crippen LogP contribution in [-0.2, 0) is 15.1 Å². The lowest BCUT2D eigenvalue weighted by Crippen LogP contribution is -2.53. The van der Waals surface area contributed by atoms with Crippen molar-refractivity contribution in [1.29, 1.82) is 0 Å². The van der Waals surface area contributed by atoms with Gasteiger partial charge in [-0.3, -0.25) is 14.9 Å². The monoisotopic (exact) mass is 429 g/mol. The molecule has 4 N–H and O–H groups in total. The van der Waals surface area contributed by atoms with Gasteiger partial charge in [0, 0.05) is 22.3 Å². The Hall–Kier alpha value is -2.61. The van der Waals surface area contributed by atoms with Gasteiger partial charge < -0.3 is 20.5 Å². The minimum atomic E-state index is -1.26. The number of carbonyl (C=O) groups is 2. The van der Waals surface area contributed by atoms with Crippen LogP contribution in [0.1, 0.15) is 24.5 Å². The summed E-state index contributed by atoms with van der Waals surface area (Å²) in [5, 5.41) is 19.7. The van der Waals surface area contributed by atoms with Gasteiger partial charge in [-0.05, 0) is 44.5 Å². The zero-order valence-electron chi connectivity index (χ0n) is 17.0. The molecule has 2 amide bonds. The second kappa shape index (κ2) is 7.58. The van der Waals surface area contributed by atoms with Gasteiger partial charge in [0.25, 0.3) is 0 Å². The number of anilines is 2. The van der Waals surface area contributed by atoms with E-state index in [-0.39, 0.29) is 11.8 Å². The van der Waals surface area contributed by atoms with Gasteiger partial charge in [0.2, 0.25) is 11.8 Å². The highest BCUT2D eigenvalue weighted by atomic mass is 35.5. The first-order valence-electron chi connectivity index (χ1n) is 9.79. The van der Waals surface area contributed by atoms with Gasteiger partial charge in [-0.15, -0.1) is 0 Å². The molecule has 0 bridgehead atoms. The Morgan fingerprint density at radius 2 is 2.10 bits per heavy atom. The van der Waals surface area contributed by atoms with Crippen LogP contribution in [0.5, 0.6) is 5.75 Å². The van der Waals surface area contributed by atoms with Gasteiger partial charge in [-0.25, -0.2) is 0 Å². The van der Waals surface area contributed by atoms with Gasteiger partial charge in [0.1, 0.15) is 11.3 Å². The number of methoxy groups -OCH3 is 1. The summed E-state index contributed by atoms with van der Waals surface area (Å²) in [5.74, 6) is -0.934. The van der Waals surface area contributed by atoms with Crippen molar-refractivity contribution in [3.05, 3.63) is 52.5 Å². The van der Waals surface area contributed by atoms with Crippen LogP contribution in [0.4, 0.5) is 11.4 Å². The molecule has 2 aromatic carbocycles. The lowest BCUT2D eigenvalue weighted by Gasteiger charge is -2.29. The number of hydrogen-bond donors (Lipinski definition) is 4. The number of carbonyl (C=O) groups excluding carboxylic acids is 2. The smallest absolute Gasteiger partial charge is 0.250 e. The van der Waals surface area contributed by atoms with Crippen molar-refractivity contribution >= 4 is 34.8 Å². The average Bonchev–Trinajstić information content (AvgIpc) is 3.23. The number of hydrogen-bond acceptors (Lipinski definition) is 5. The molecular formula is C22H24ClN3O4. The normalized spacial score (nSPS) is 25.7. The fourth-order valence-corrected chi connectivity index (χ4v) is 4.60. The lowest BCUT2D eigenvalue weighted by atomic mass is 9.79. The Kier molecular flexibility index (Phi) is 5.22. The second-order valence-corrected chi connectivity index (χ2v) is 8.36. The summed E-state index contributed by atoms with van der Waals surface area (Å²) >= 11 is 6.09. The molecule has 0 saturated carbocycles. The number of fused-ring (bicyclic) bond motifs is 2. The van der Waals surface area contributed by atoms with E-state index in [2.05, 4.69) is 16.0 Å². The van der Waals surface area contributed by atoms with Crippen LogP contribution in [0, 0.1) is 12.8 Å². The molecular weight excluding hydrogens is 406 g/mol. The summed E-state index contributed by atoms with van der Waals surface area (Å²) in [7, 11) is 1.50. The van der Waals surface area contributed by atoms with Crippen LogP contribution in [0.3, 0.4) is 0 Å². The highest BCUT2D eigenvalue weighted by Crippen LogP contribution is 2.48. The third-order valence-corrected chi connectivity index (χ3v) is 6.18. The van der Waals surface area contributed by atoms with Crippen LogP contribution in [0.25, 0.3) is 0 Å². The van der Waals surface area contributed by atoms with E-state index in [1.54, 1.807) is 25.1 Å². The van der Waals surface area contributed by atoms with E-state index in [4.69, 9.17) is 16.3 Å². The fraction of sp³-hybridized carbons (Fsp3) is 0.364. The van der Waals surface area contributed by atoms with E-state index in [0.29, 0.717) is 34.1 Å². The molecule has 7 nitrogen and oxygen atoms in total. The third-order valence-electron chi connectivity index (χ3n) is 5.95. The molecule has 0 aromatic heterocycles. The van der Waals surface area contributed by atoms with Gasteiger partial charge in [-0.2, -0.15) is 0 Å². The van der Waals surface area contributed by atoms with E-state index >= 15 is 0 Å². The lowest BCUT2D eigenvalue weighted by molar-refractivity contribution is -0.130. The Morgan fingerprint density at radius 3 is 2.80 bits per heavy atom. The van der Waals surface area contributed by atoms with Crippen molar-refractivity contribution in [3.63, 3.8) is 0 Å². The Labute approximate surface area is 179 Å². The van der Waals surface area contributed by atoms with E-state index in [1.807, 2.05) is 25.1 Å². The maximum atomic E-state index is 13.5. The van der Waals surface area contributed by atoms with Crippen molar-refractivity contribution in [2.45, 2.75) is 38.0 Å². The number of aliphatic hydroxyl groups excluding tert-OH is 1. The minimum absolute atomic E-state index is 0.299. The van der Waals surface area contributed by atoms with E-state index in [0.717, 1.165) is 5.56 Å². The van der Waals surface area contributed by atoms with Gasteiger partial charge >= 0.3 is 0 Å². The molecule has 30 heavy (non-hydrogen) atoms. The Morgan fingerprint density at radius 1 is 1.33 bits per heavy atom. The number of halogens is 1. The largest absolute Gasteiger partial charge is 0.495 e. The third kappa shape index (κ3) is 3.23. The SMILES string of the molecule is COc1ccc(Cl)cc1NC(=O)[C@@H]1C[C@H]([C@@H](C)O)N[C@]12C(=O)Nc1ccc(C)cc12. The second-order valence-electron chi connectivity index (χ2n) is 7.92. The zero-order valence-corrected chi connectivity index (χ0v) is 17.7. The molecule has 2 aliphatic rings. The van der Waals surface area contributed by atoms with Gasteiger partial charge in [0.05, 0.1) is 24.8 Å². The number of ether oxygens (including phenoxy) is 1. The van der Waals surface area contributed by atoms with Gasteiger partial charge in [-0.1, -0.05) is 29.3 Å². The summed E-state index contributed by atoms with van der Waals surface area (Å²) in [6, 6.07) is 10.2. The maximum Gasteiger partial charge on any atom is 0.250 e. The standard InChI is InChI=1S/C22H24ClN3O4/c1-11-4-6-16-14(8-11)22(21(29)25-16)15(10-17(26-22)12(2)27)20(28)24-18-9-13(23)5-7-19(18)30-3/h4-9,12,15,17,26-27H,10H2,1-3H3,(H,24,28)(H,25,29)/t12-,15+,17-,22+/m1/s1. The minimum Gasteiger partial charge on any atom is -0.495 e. The van der Waals surface area contributed by atoms with E-state index in [1.165, 1.54) is 7.11 Å². The number of amides is 2. The summed E-state index contributed by atoms with van der Waals surface area (Å²) in [4.78, 5) is 26.7. The van der Waals surface area contributed by atoms with Crippen LogP contribution in [-0.4, -0.2) is 36.2 Å². The highest BCUT2D eigenvalue weighted by Gasteiger charge is 2.60. The predicted molar refractivity (Wildman–Crippen MR) is 115 cm³/mol. The van der Waals surface area contributed by atoms with E-state index < -0.39 is 23.6 Å². The summed E-state index contributed by atoms with van der Waals surface area (Å²) < 4.78 is 5.33. The number of nitrogens with one attached hydrogen (secondary N) is 3. The summed E-state index contributed by atoms with van der Waals surface area (Å²) in [6.07, 6.45) is -0.435. The van der Waals surface area contributed by atoms with Crippen LogP contribution in [0.15, 0.2) is 36.4 Å². The molecule has 8 heteroatoms. The van der Waals surface area contributed by atoms with Crippen molar-refractivity contribution in [2.75, 3.05) is 17.7 Å². The first kappa shape index (κ1) is 20.7. The number of rotatable bonds is 4.